The normalized spacial score (nSPS) is 11.6. The number of sulfonamides is 1. The molecular formula is C12H18ClNO3S. The van der Waals surface area contributed by atoms with Crippen LogP contribution >= 0.6 is 11.6 Å². The fraction of sp³-hybridized carbons (Fsp3) is 0.500. The lowest BCUT2D eigenvalue weighted by Crippen LogP contribution is -2.24. The number of hydrogen-bond donors (Lipinski definition) is 1. The molecule has 0 saturated heterocycles. The van der Waals surface area contributed by atoms with Crippen LogP contribution in [0.5, 0.6) is 5.75 Å². The summed E-state index contributed by atoms with van der Waals surface area (Å²) in [6, 6.07) is 3.70. The Labute approximate surface area is 113 Å². The summed E-state index contributed by atoms with van der Waals surface area (Å²) in [7, 11) is -3.14. The summed E-state index contributed by atoms with van der Waals surface area (Å²) in [5.74, 6) is 0.663. The van der Waals surface area contributed by atoms with Crippen LogP contribution in [0.2, 0.25) is 5.02 Å². The first kappa shape index (κ1) is 15.3. The van der Waals surface area contributed by atoms with Crippen molar-refractivity contribution in [3.63, 3.8) is 0 Å². The third-order valence-electron chi connectivity index (χ3n) is 2.45. The highest BCUT2D eigenvalue weighted by Gasteiger charge is 2.07. The second kappa shape index (κ2) is 6.41. The number of nitrogens with one attached hydrogen (secondary N) is 1. The van der Waals surface area contributed by atoms with Gasteiger partial charge in [0.15, 0.2) is 0 Å². The Bertz CT molecular complexity index is 514. The van der Waals surface area contributed by atoms with Gasteiger partial charge in [0.05, 0.1) is 17.9 Å². The highest BCUT2D eigenvalue weighted by atomic mass is 35.5. The Morgan fingerprint density at radius 1 is 1.39 bits per heavy atom. The lowest BCUT2D eigenvalue weighted by Gasteiger charge is -2.11. The van der Waals surface area contributed by atoms with Crippen LogP contribution in [-0.2, 0) is 16.4 Å². The summed E-state index contributed by atoms with van der Waals surface area (Å²) < 4.78 is 29.8. The van der Waals surface area contributed by atoms with Crippen LogP contribution in [0.15, 0.2) is 12.1 Å². The minimum Gasteiger partial charge on any atom is -0.492 e. The van der Waals surface area contributed by atoms with Gasteiger partial charge in [-0.3, -0.25) is 0 Å². The summed E-state index contributed by atoms with van der Waals surface area (Å²) >= 11 is 6.09. The Kier molecular flexibility index (Phi) is 5.44. The molecule has 0 saturated carbocycles. The molecule has 0 aliphatic heterocycles. The van der Waals surface area contributed by atoms with E-state index in [9.17, 15) is 8.42 Å². The van der Waals surface area contributed by atoms with Gasteiger partial charge in [0.1, 0.15) is 5.75 Å². The molecule has 1 N–H and O–H groups in total. The smallest absolute Gasteiger partial charge is 0.208 e. The number of benzene rings is 1. The first-order chi connectivity index (χ1) is 8.33. The van der Waals surface area contributed by atoms with Crippen LogP contribution in [0.4, 0.5) is 0 Å². The highest BCUT2D eigenvalue weighted by molar-refractivity contribution is 7.88. The van der Waals surface area contributed by atoms with Crippen LogP contribution in [-0.4, -0.2) is 27.8 Å². The molecule has 1 rings (SSSR count). The Balaban J connectivity index is 2.75. The van der Waals surface area contributed by atoms with E-state index >= 15 is 0 Å². The van der Waals surface area contributed by atoms with E-state index in [-0.39, 0.29) is 0 Å². The van der Waals surface area contributed by atoms with Gasteiger partial charge in [0, 0.05) is 6.54 Å². The van der Waals surface area contributed by atoms with Crippen molar-refractivity contribution in [2.24, 2.45) is 0 Å². The number of rotatable bonds is 6. The molecule has 0 aromatic heterocycles. The maximum atomic E-state index is 11.0. The summed E-state index contributed by atoms with van der Waals surface area (Å²) in [5, 5.41) is 0.553. The maximum absolute atomic E-state index is 11.0. The van der Waals surface area contributed by atoms with Gasteiger partial charge in [0.25, 0.3) is 0 Å². The molecule has 0 fully saturated rings. The molecule has 18 heavy (non-hydrogen) atoms. The predicted octanol–water partition coefficient (Wildman–Crippen LogP) is 2.14. The molecule has 0 bridgehead atoms. The summed E-state index contributed by atoms with van der Waals surface area (Å²) in [5.41, 5.74) is 2.05. The third kappa shape index (κ3) is 4.84. The van der Waals surface area contributed by atoms with E-state index in [1.165, 1.54) is 0 Å². The van der Waals surface area contributed by atoms with Crippen molar-refractivity contribution in [3.05, 3.63) is 28.3 Å². The average molecular weight is 292 g/mol. The van der Waals surface area contributed by atoms with E-state index in [2.05, 4.69) is 4.72 Å². The lowest BCUT2D eigenvalue weighted by molar-refractivity contribution is 0.340. The van der Waals surface area contributed by atoms with E-state index in [0.29, 0.717) is 30.3 Å². The molecule has 0 aliphatic carbocycles. The van der Waals surface area contributed by atoms with Crippen molar-refractivity contribution < 1.29 is 13.2 Å². The van der Waals surface area contributed by atoms with E-state index < -0.39 is 10.0 Å². The molecule has 0 heterocycles. The Hall–Kier alpha value is -0.780. The molecule has 4 nitrogen and oxygen atoms in total. The van der Waals surface area contributed by atoms with Crippen molar-refractivity contribution in [3.8, 4) is 5.75 Å². The number of halogens is 1. The molecule has 0 amide bonds. The fourth-order valence-electron chi connectivity index (χ4n) is 1.60. The molecule has 0 radical (unpaired) electrons. The summed E-state index contributed by atoms with van der Waals surface area (Å²) in [6.07, 6.45) is 1.75. The Morgan fingerprint density at radius 2 is 2.06 bits per heavy atom. The van der Waals surface area contributed by atoms with Gasteiger partial charge in [0.2, 0.25) is 10.0 Å². The lowest BCUT2D eigenvalue weighted by atomic mass is 10.1. The average Bonchev–Trinajstić information content (AvgIpc) is 2.23. The molecule has 6 heteroatoms. The zero-order valence-electron chi connectivity index (χ0n) is 10.8. The fourth-order valence-corrected chi connectivity index (χ4v) is 2.32. The maximum Gasteiger partial charge on any atom is 0.208 e. The van der Waals surface area contributed by atoms with E-state index in [4.69, 9.17) is 16.3 Å². The van der Waals surface area contributed by atoms with Crippen LogP contribution in [0.3, 0.4) is 0 Å². The number of hydrogen-bond acceptors (Lipinski definition) is 3. The second-order valence-electron chi connectivity index (χ2n) is 4.06. The molecule has 102 valence electrons. The van der Waals surface area contributed by atoms with Crippen LogP contribution in [0.1, 0.15) is 18.1 Å². The van der Waals surface area contributed by atoms with Crippen LogP contribution in [0, 0.1) is 6.92 Å². The van der Waals surface area contributed by atoms with E-state index in [1.807, 2.05) is 26.0 Å². The zero-order valence-corrected chi connectivity index (χ0v) is 12.4. The predicted molar refractivity (Wildman–Crippen MR) is 73.9 cm³/mol. The van der Waals surface area contributed by atoms with Gasteiger partial charge in [-0.2, -0.15) is 0 Å². The molecule has 0 unspecified atom stereocenters. The molecule has 1 aromatic rings. The first-order valence-corrected chi connectivity index (χ1v) is 7.97. The van der Waals surface area contributed by atoms with Gasteiger partial charge in [-0.05, 0) is 43.5 Å². The minimum absolute atomic E-state index is 0.365. The monoisotopic (exact) mass is 291 g/mol. The third-order valence-corrected chi connectivity index (χ3v) is 3.47. The Morgan fingerprint density at radius 3 is 2.61 bits per heavy atom. The molecule has 0 spiro atoms. The first-order valence-electron chi connectivity index (χ1n) is 5.70. The SMILES string of the molecule is CCOc1cc(C)c(CCNS(C)(=O)=O)cc1Cl. The van der Waals surface area contributed by atoms with Crippen LogP contribution in [0.25, 0.3) is 0 Å². The molecule has 0 atom stereocenters. The van der Waals surface area contributed by atoms with E-state index in [1.54, 1.807) is 0 Å². The standard InChI is InChI=1S/C12H18ClNO3S/c1-4-17-12-7-9(2)10(8-11(12)13)5-6-14-18(3,15)16/h7-8,14H,4-6H2,1-3H3. The highest BCUT2D eigenvalue weighted by Crippen LogP contribution is 2.28. The molecular weight excluding hydrogens is 274 g/mol. The molecule has 1 aromatic carbocycles. The van der Waals surface area contributed by atoms with Gasteiger partial charge < -0.3 is 4.74 Å². The zero-order chi connectivity index (χ0) is 13.8. The number of aryl methyl sites for hydroxylation is 1. The topological polar surface area (TPSA) is 55.4 Å². The largest absolute Gasteiger partial charge is 0.492 e. The van der Waals surface area contributed by atoms with Crippen molar-refractivity contribution in [2.75, 3.05) is 19.4 Å². The van der Waals surface area contributed by atoms with Crippen molar-refractivity contribution in [2.45, 2.75) is 20.3 Å². The van der Waals surface area contributed by atoms with Gasteiger partial charge in [-0.25, -0.2) is 13.1 Å². The van der Waals surface area contributed by atoms with Gasteiger partial charge in [-0.15, -0.1) is 0 Å². The summed E-state index contributed by atoms with van der Waals surface area (Å²) in [6.45, 7) is 4.78. The van der Waals surface area contributed by atoms with Gasteiger partial charge >= 0.3 is 0 Å². The second-order valence-corrected chi connectivity index (χ2v) is 6.30. The number of ether oxygens (including phenoxy) is 1. The van der Waals surface area contributed by atoms with Crippen LogP contribution < -0.4 is 9.46 Å². The quantitative estimate of drug-likeness (QED) is 0.874. The molecule has 0 aliphatic rings. The van der Waals surface area contributed by atoms with Gasteiger partial charge in [-0.1, -0.05) is 11.6 Å². The van der Waals surface area contributed by atoms with Crippen molar-refractivity contribution >= 4 is 21.6 Å². The summed E-state index contributed by atoms with van der Waals surface area (Å²) in [4.78, 5) is 0. The van der Waals surface area contributed by atoms with E-state index in [0.717, 1.165) is 17.4 Å². The van der Waals surface area contributed by atoms with Crippen molar-refractivity contribution in [1.29, 1.82) is 0 Å². The van der Waals surface area contributed by atoms with Crippen molar-refractivity contribution in [1.82, 2.24) is 4.72 Å². The minimum atomic E-state index is -3.14.